The van der Waals surface area contributed by atoms with Crippen LogP contribution in [-0.2, 0) is 14.5 Å². The number of ether oxygens (including phenoxy) is 1. The smallest absolute Gasteiger partial charge is 0.294 e. The Kier molecular flexibility index (Phi) is 3.03. The van der Waals surface area contributed by atoms with E-state index in [4.69, 9.17) is 39.5 Å². The van der Waals surface area contributed by atoms with E-state index >= 15 is 0 Å². The van der Waals surface area contributed by atoms with Crippen molar-refractivity contribution in [2.24, 2.45) is 0 Å². The van der Waals surface area contributed by atoms with E-state index in [9.17, 15) is 0 Å². The highest BCUT2D eigenvalue weighted by molar-refractivity contribution is 6.29. The van der Waals surface area contributed by atoms with Gasteiger partial charge < -0.3 is 4.74 Å². The fraction of sp³-hybridized carbons (Fsp3) is 1.00. The summed E-state index contributed by atoms with van der Waals surface area (Å²) in [5, 5.41) is -1.36. The van der Waals surface area contributed by atoms with Gasteiger partial charge in [0.2, 0.25) is 6.29 Å². The van der Waals surface area contributed by atoms with Gasteiger partial charge in [-0.1, -0.05) is 11.6 Å². The summed E-state index contributed by atoms with van der Waals surface area (Å²) in [4.78, 5) is 9.06. The molecule has 0 aromatic carbocycles. The molecule has 0 amide bonds. The summed E-state index contributed by atoms with van der Waals surface area (Å²) in [5.74, 6) is 0.146. The van der Waals surface area contributed by atoms with Gasteiger partial charge in [-0.25, -0.2) is 0 Å². The van der Waals surface area contributed by atoms with Crippen LogP contribution in [0.3, 0.4) is 0 Å². The van der Waals surface area contributed by atoms with Crippen LogP contribution in [0.25, 0.3) is 0 Å². The third-order valence-corrected chi connectivity index (χ3v) is 1.90. The Balaban J connectivity index is 2.41. The number of hydrogen-bond acceptors (Lipinski definition) is 3. The minimum Gasteiger partial charge on any atom is -0.300 e. The molecule has 2 unspecified atom stereocenters. The lowest BCUT2D eigenvalue weighted by molar-refractivity contribution is -0.300. The lowest BCUT2D eigenvalue weighted by Crippen LogP contribution is -2.25. The van der Waals surface area contributed by atoms with Crippen molar-refractivity contribution in [1.82, 2.24) is 0 Å². The third-order valence-electron chi connectivity index (χ3n) is 0.873. The van der Waals surface area contributed by atoms with Crippen LogP contribution in [0.15, 0.2) is 0 Å². The normalized spacial score (nSPS) is 40.5. The summed E-state index contributed by atoms with van der Waals surface area (Å²) in [7, 11) is 0. The van der Waals surface area contributed by atoms with Gasteiger partial charge in [0, 0.05) is 0 Å². The number of halogens is 3. The molecule has 0 N–H and O–H groups in total. The molecule has 2 atom stereocenters. The molecule has 6 heteroatoms. The monoisotopic (exact) mass is 206 g/mol. The molecule has 0 saturated carbocycles. The van der Waals surface area contributed by atoms with Crippen LogP contribution < -0.4 is 0 Å². The first kappa shape index (κ1) is 8.84. The molecule has 3 nitrogen and oxygen atoms in total. The summed E-state index contributed by atoms with van der Waals surface area (Å²) in [6, 6.07) is 0. The first-order valence-corrected chi connectivity index (χ1v) is 3.98. The maximum Gasteiger partial charge on any atom is 0.294 e. The van der Waals surface area contributed by atoms with Crippen molar-refractivity contribution in [3.05, 3.63) is 0 Å². The molecule has 0 radical (unpaired) electrons. The fourth-order valence-electron chi connectivity index (χ4n) is 0.472. The van der Waals surface area contributed by atoms with Crippen LogP contribution >= 0.6 is 34.8 Å². The number of rotatable bonds is 2. The molecule has 0 aromatic heterocycles. The number of hydrogen-bond donors (Lipinski definition) is 0. The van der Waals surface area contributed by atoms with Gasteiger partial charge in [-0.05, 0) is 0 Å². The standard InChI is InChI=1S/C4H5Cl3O3/c5-1-3-8-4(7,2-6)10-9-3/h3H,1-2H2. The molecule has 1 aliphatic heterocycles. The highest BCUT2D eigenvalue weighted by atomic mass is 35.5. The van der Waals surface area contributed by atoms with E-state index in [-0.39, 0.29) is 11.8 Å². The van der Waals surface area contributed by atoms with E-state index in [2.05, 4.69) is 9.78 Å². The van der Waals surface area contributed by atoms with Gasteiger partial charge in [-0.3, -0.25) is 0 Å². The van der Waals surface area contributed by atoms with Gasteiger partial charge in [-0.2, -0.15) is 9.78 Å². The first-order valence-electron chi connectivity index (χ1n) is 2.53. The Morgan fingerprint density at radius 3 is 2.40 bits per heavy atom. The van der Waals surface area contributed by atoms with Crippen molar-refractivity contribution in [3.63, 3.8) is 0 Å². The largest absolute Gasteiger partial charge is 0.300 e. The van der Waals surface area contributed by atoms with Crippen LogP contribution in [0.4, 0.5) is 0 Å². The van der Waals surface area contributed by atoms with E-state index in [0.29, 0.717) is 0 Å². The molecular formula is C4H5Cl3O3. The van der Waals surface area contributed by atoms with Crippen molar-refractivity contribution in [1.29, 1.82) is 0 Å². The van der Waals surface area contributed by atoms with Gasteiger partial charge in [0.15, 0.2) is 0 Å². The van der Waals surface area contributed by atoms with Gasteiger partial charge in [0.25, 0.3) is 5.25 Å². The number of alkyl halides is 3. The predicted molar refractivity (Wildman–Crippen MR) is 37.1 cm³/mol. The molecule has 1 aliphatic rings. The lowest BCUT2D eigenvalue weighted by Gasteiger charge is -2.11. The van der Waals surface area contributed by atoms with Crippen molar-refractivity contribution < 1.29 is 14.5 Å². The summed E-state index contributed by atoms with van der Waals surface area (Å²) >= 11 is 16.3. The third kappa shape index (κ3) is 1.87. The molecule has 1 rings (SSSR count). The zero-order valence-electron chi connectivity index (χ0n) is 4.85. The SMILES string of the molecule is ClCC1OOC(Cl)(CCl)O1. The molecule has 60 valence electrons. The Morgan fingerprint density at radius 2 is 2.10 bits per heavy atom. The van der Waals surface area contributed by atoms with Crippen LogP contribution in [0, 0.1) is 0 Å². The highest BCUT2D eigenvalue weighted by Gasteiger charge is 2.41. The van der Waals surface area contributed by atoms with Gasteiger partial charge >= 0.3 is 0 Å². The van der Waals surface area contributed by atoms with Crippen LogP contribution in [-0.4, -0.2) is 23.3 Å². The van der Waals surface area contributed by atoms with Crippen LogP contribution in [0.5, 0.6) is 0 Å². The molecule has 1 heterocycles. The Labute approximate surface area is 73.0 Å². The van der Waals surface area contributed by atoms with Crippen LogP contribution in [0.1, 0.15) is 0 Å². The maximum atomic E-state index is 5.57. The lowest BCUT2D eigenvalue weighted by atomic mass is 10.7. The van der Waals surface area contributed by atoms with Crippen molar-refractivity contribution in [2.45, 2.75) is 11.5 Å². The molecule has 1 fully saturated rings. The molecule has 0 bridgehead atoms. The van der Waals surface area contributed by atoms with E-state index in [0.717, 1.165) is 0 Å². The average Bonchev–Trinajstić information content (AvgIpc) is 2.33. The van der Waals surface area contributed by atoms with Gasteiger partial charge in [0.05, 0.1) is 11.8 Å². The molecule has 0 aliphatic carbocycles. The summed E-state index contributed by atoms with van der Waals surface area (Å²) < 4.78 is 4.90. The second kappa shape index (κ2) is 3.43. The first-order chi connectivity index (χ1) is 4.70. The molecule has 0 spiro atoms. The highest BCUT2D eigenvalue weighted by Crippen LogP contribution is 2.30. The van der Waals surface area contributed by atoms with Crippen molar-refractivity contribution in [3.8, 4) is 0 Å². The zero-order valence-corrected chi connectivity index (χ0v) is 7.12. The summed E-state index contributed by atoms with van der Waals surface area (Å²) in [5.41, 5.74) is 0. The van der Waals surface area contributed by atoms with E-state index in [1.54, 1.807) is 0 Å². The maximum absolute atomic E-state index is 5.57. The minimum atomic E-state index is -1.36. The van der Waals surface area contributed by atoms with Crippen molar-refractivity contribution in [2.75, 3.05) is 11.8 Å². The predicted octanol–water partition coefficient (Wildman–Crippen LogP) is 1.66. The van der Waals surface area contributed by atoms with E-state index in [1.165, 1.54) is 0 Å². The zero-order chi connectivity index (χ0) is 7.61. The quantitative estimate of drug-likeness (QED) is 0.509. The van der Waals surface area contributed by atoms with Gasteiger partial charge in [-0.15, -0.1) is 23.2 Å². The van der Waals surface area contributed by atoms with E-state index in [1.807, 2.05) is 0 Å². The Bertz CT molecular complexity index is 122. The minimum absolute atomic E-state index is 0.0120. The summed E-state index contributed by atoms with van der Waals surface area (Å²) in [6.45, 7) is 0. The molecule has 10 heavy (non-hydrogen) atoms. The molecule has 1 saturated heterocycles. The Morgan fingerprint density at radius 1 is 1.40 bits per heavy atom. The second-order valence-corrected chi connectivity index (χ2v) is 2.83. The average molecular weight is 207 g/mol. The fourth-order valence-corrected chi connectivity index (χ4v) is 0.830. The Hall–Kier alpha value is 0.750. The van der Waals surface area contributed by atoms with Crippen LogP contribution in [0.2, 0.25) is 0 Å². The second-order valence-electron chi connectivity index (χ2n) is 1.67. The van der Waals surface area contributed by atoms with Gasteiger partial charge in [0.1, 0.15) is 0 Å². The van der Waals surface area contributed by atoms with E-state index < -0.39 is 11.5 Å². The van der Waals surface area contributed by atoms with Crippen molar-refractivity contribution >= 4 is 34.8 Å². The molecular weight excluding hydrogens is 202 g/mol. The summed E-state index contributed by atoms with van der Waals surface area (Å²) in [6.07, 6.45) is -0.627. The topological polar surface area (TPSA) is 27.7 Å². The molecule has 0 aromatic rings.